The molecule has 26 heavy (non-hydrogen) atoms. The van der Waals surface area contributed by atoms with Gasteiger partial charge in [0.2, 0.25) is 5.69 Å². The number of hydrogen-bond donors (Lipinski definition) is 0. The first-order valence-corrected chi connectivity index (χ1v) is 9.04. The van der Waals surface area contributed by atoms with E-state index in [0.29, 0.717) is 16.9 Å². The topological polar surface area (TPSA) is 46.8 Å². The summed E-state index contributed by atoms with van der Waals surface area (Å²) in [6.45, 7) is 9.60. The molecule has 2 aromatic rings. The number of rotatable bonds is 3. The Kier molecular flexibility index (Phi) is 5.85. The highest BCUT2D eigenvalue weighted by Gasteiger charge is 2.15. The number of benzene rings is 1. The Morgan fingerprint density at radius 2 is 1.85 bits per heavy atom. The van der Waals surface area contributed by atoms with Crippen LogP contribution in [-0.4, -0.2) is 31.2 Å². The van der Waals surface area contributed by atoms with E-state index >= 15 is 0 Å². The van der Waals surface area contributed by atoms with Crippen LogP contribution in [0.15, 0.2) is 36.5 Å². The molecule has 1 aliphatic rings. The number of carbonyl (C=O) groups excluding carboxylic acids is 1. The summed E-state index contributed by atoms with van der Waals surface area (Å²) in [4.78, 5) is 22.2. The van der Waals surface area contributed by atoms with Crippen LogP contribution in [-0.2, 0) is 4.74 Å². The zero-order chi connectivity index (χ0) is 18.4. The summed E-state index contributed by atoms with van der Waals surface area (Å²) in [5.41, 5.74) is 3.58. The van der Waals surface area contributed by atoms with E-state index in [0.717, 1.165) is 24.3 Å². The van der Waals surface area contributed by atoms with Crippen molar-refractivity contribution in [1.82, 2.24) is 4.98 Å². The highest BCUT2D eigenvalue weighted by Crippen LogP contribution is 2.34. The van der Waals surface area contributed by atoms with E-state index in [1.165, 1.54) is 39.2 Å². The predicted octanol–water partition coefficient (Wildman–Crippen LogP) is 4.86. The van der Waals surface area contributed by atoms with E-state index in [9.17, 15) is 4.79 Å². The third-order valence-corrected chi connectivity index (χ3v) is 4.77. The van der Waals surface area contributed by atoms with Crippen LogP contribution in [0.3, 0.4) is 0 Å². The molecule has 0 spiro atoms. The molecule has 1 aromatic carbocycles. The Hall–Kier alpha value is -2.87. The summed E-state index contributed by atoms with van der Waals surface area (Å²) in [7, 11) is 1.36. The van der Waals surface area contributed by atoms with Crippen LogP contribution < -0.4 is 4.90 Å². The number of pyridine rings is 1. The molecule has 5 heteroatoms. The Bertz CT molecular complexity index is 818. The van der Waals surface area contributed by atoms with Crippen molar-refractivity contribution in [3.8, 4) is 11.3 Å². The zero-order valence-corrected chi connectivity index (χ0v) is 15.1. The van der Waals surface area contributed by atoms with Crippen molar-refractivity contribution in [1.29, 1.82) is 0 Å². The molecule has 0 atom stereocenters. The molecule has 3 rings (SSSR count). The summed E-state index contributed by atoms with van der Waals surface area (Å²) >= 11 is 0. The molecule has 0 saturated carbocycles. The minimum atomic E-state index is -0.392. The van der Waals surface area contributed by atoms with Crippen molar-refractivity contribution in [2.75, 3.05) is 25.1 Å². The van der Waals surface area contributed by atoms with Gasteiger partial charge in [-0.15, -0.1) is 0 Å². The SMILES string of the molecule is [C-]#[N+]c1cc(-c2cc(C(=O)OC)ccn2)ccc1N1CCCCCCC1. The zero-order valence-electron chi connectivity index (χ0n) is 15.1. The lowest BCUT2D eigenvalue weighted by molar-refractivity contribution is 0.0600. The average Bonchev–Trinajstić information content (AvgIpc) is 2.67. The molecule has 1 aliphatic heterocycles. The quantitative estimate of drug-likeness (QED) is 0.587. The van der Waals surface area contributed by atoms with Gasteiger partial charge in [-0.1, -0.05) is 25.3 Å². The van der Waals surface area contributed by atoms with Crippen molar-refractivity contribution in [2.45, 2.75) is 32.1 Å². The molecule has 0 radical (unpaired) electrons. The second-order valence-corrected chi connectivity index (χ2v) is 6.49. The maximum Gasteiger partial charge on any atom is 0.337 e. The molecule has 0 N–H and O–H groups in total. The summed E-state index contributed by atoms with van der Waals surface area (Å²) in [6, 6.07) is 9.18. The second kappa shape index (κ2) is 8.48. The second-order valence-electron chi connectivity index (χ2n) is 6.49. The van der Waals surface area contributed by atoms with E-state index < -0.39 is 5.97 Å². The predicted molar refractivity (Wildman–Crippen MR) is 103 cm³/mol. The fraction of sp³-hybridized carbons (Fsp3) is 0.381. The lowest BCUT2D eigenvalue weighted by atomic mass is 10.0. The number of anilines is 1. The number of carbonyl (C=O) groups is 1. The number of nitrogens with zero attached hydrogens (tertiary/aromatic N) is 3. The average molecular weight is 349 g/mol. The van der Waals surface area contributed by atoms with Gasteiger partial charge in [0.15, 0.2) is 0 Å². The van der Waals surface area contributed by atoms with Gasteiger partial charge in [0.25, 0.3) is 0 Å². The van der Waals surface area contributed by atoms with E-state index in [2.05, 4.69) is 14.7 Å². The monoisotopic (exact) mass is 349 g/mol. The van der Waals surface area contributed by atoms with Gasteiger partial charge < -0.3 is 9.64 Å². The highest BCUT2D eigenvalue weighted by molar-refractivity contribution is 5.90. The highest BCUT2D eigenvalue weighted by atomic mass is 16.5. The van der Waals surface area contributed by atoms with Crippen LogP contribution in [0.25, 0.3) is 16.1 Å². The third-order valence-electron chi connectivity index (χ3n) is 4.77. The van der Waals surface area contributed by atoms with Crippen LogP contribution in [0, 0.1) is 6.57 Å². The first-order chi connectivity index (χ1) is 12.7. The molecule has 0 amide bonds. The number of ether oxygens (including phenoxy) is 1. The first kappa shape index (κ1) is 17.9. The minimum absolute atomic E-state index is 0.392. The van der Waals surface area contributed by atoms with Gasteiger partial charge in [-0.25, -0.2) is 9.64 Å². The Balaban J connectivity index is 1.91. The van der Waals surface area contributed by atoms with Gasteiger partial charge in [0, 0.05) is 25.0 Å². The summed E-state index contributed by atoms with van der Waals surface area (Å²) in [5, 5.41) is 0. The van der Waals surface area contributed by atoms with Crippen LogP contribution in [0.5, 0.6) is 0 Å². The van der Waals surface area contributed by atoms with Gasteiger partial charge in [0.05, 0.1) is 24.9 Å². The molecule has 0 bridgehead atoms. The van der Waals surface area contributed by atoms with Gasteiger partial charge in [-0.2, -0.15) is 0 Å². The van der Waals surface area contributed by atoms with Gasteiger partial charge in [0.1, 0.15) is 0 Å². The normalized spacial score (nSPS) is 14.8. The van der Waals surface area contributed by atoms with Crippen molar-refractivity contribution in [3.63, 3.8) is 0 Å². The molecule has 0 aliphatic carbocycles. The van der Waals surface area contributed by atoms with Crippen molar-refractivity contribution >= 4 is 17.3 Å². The fourth-order valence-corrected chi connectivity index (χ4v) is 3.36. The van der Waals surface area contributed by atoms with Crippen LogP contribution >= 0.6 is 0 Å². The molecule has 1 aromatic heterocycles. The maximum absolute atomic E-state index is 11.7. The lowest BCUT2D eigenvalue weighted by Crippen LogP contribution is -2.26. The Morgan fingerprint density at radius 1 is 1.12 bits per heavy atom. The van der Waals surface area contributed by atoms with E-state index in [4.69, 9.17) is 11.3 Å². The van der Waals surface area contributed by atoms with Crippen molar-refractivity contribution < 1.29 is 9.53 Å². The van der Waals surface area contributed by atoms with Gasteiger partial charge >= 0.3 is 5.97 Å². The van der Waals surface area contributed by atoms with Gasteiger partial charge in [-0.3, -0.25) is 4.98 Å². The number of methoxy groups -OCH3 is 1. The maximum atomic E-state index is 11.7. The van der Waals surface area contributed by atoms with Crippen LogP contribution in [0.1, 0.15) is 42.5 Å². The fourth-order valence-electron chi connectivity index (χ4n) is 3.36. The molecule has 0 unspecified atom stereocenters. The Labute approximate surface area is 154 Å². The number of hydrogen-bond acceptors (Lipinski definition) is 4. The minimum Gasteiger partial charge on any atom is -0.465 e. The Morgan fingerprint density at radius 3 is 2.54 bits per heavy atom. The molecule has 2 heterocycles. The van der Waals surface area contributed by atoms with Crippen molar-refractivity contribution in [3.05, 3.63) is 53.5 Å². The molecular weight excluding hydrogens is 326 g/mol. The van der Waals surface area contributed by atoms with Gasteiger partial charge in [-0.05, 0) is 42.7 Å². The van der Waals surface area contributed by atoms with Crippen molar-refractivity contribution in [2.24, 2.45) is 0 Å². The van der Waals surface area contributed by atoms with E-state index in [1.54, 1.807) is 18.3 Å². The van der Waals surface area contributed by atoms with E-state index in [1.807, 2.05) is 18.2 Å². The smallest absolute Gasteiger partial charge is 0.337 e. The standard InChI is InChI=1S/C21H23N3O2/c1-22-19-14-16(18-15-17(10-11-23-18)21(25)26-2)8-9-20(19)24-12-6-4-3-5-7-13-24/h8-11,14-15H,3-7,12-13H2,2H3. The van der Waals surface area contributed by atoms with Crippen LogP contribution in [0.2, 0.25) is 0 Å². The molecule has 1 fully saturated rings. The third kappa shape index (κ3) is 4.02. The molecule has 5 nitrogen and oxygen atoms in total. The summed E-state index contributed by atoms with van der Waals surface area (Å²) < 4.78 is 4.77. The number of esters is 1. The molecule has 1 saturated heterocycles. The number of aromatic nitrogens is 1. The lowest BCUT2D eigenvalue weighted by Gasteiger charge is -2.28. The summed E-state index contributed by atoms with van der Waals surface area (Å²) in [6.07, 6.45) is 7.75. The van der Waals surface area contributed by atoms with E-state index in [-0.39, 0.29) is 0 Å². The summed E-state index contributed by atoms with van der Waals surface area (Å²) in [5.74, 6) is -0.392. The first-order valence-electron chi connectivity index (χ1n) is 9.04. The van der Waals surface area contributed by atoms with Crippen LogP contribution in [0.4, 0.5) is 11.4 Å². The molecular formula is C21H23N3O2. The largest absolute Gasteiger partial charge is 0.465 e. The molecule has 134 valence electrons.